The molecule has 138 valence electrons. The molecule has 8 nitrogen and oxygen atoms in total. The molecule has 4 rings (SSSR count). The molecule has 0 atom stereocenters. The molecule has 0 bridgehead atoms. The van der Waals surface area contributed by atoms with Crippen LogP contribution in [0.4, 0.5) is 5.13 Å². The van der Waals surface area contributed by atoms with Crippen molar-refractivity contribution in [1.29, 1.82) is 0 Å². The maximum atomic E-state index is 12.6. The van der Waals surface area contributed by atoms with E-state index in [1.807, 2.05) is 13.0 Å². The van der Waals surface area contributed by atoms with Crippen LogP contribution in [-0.4, -0.2) is 32.2 Å². The zero-order valence-corrected chi connectivity index (χ0v) is 15.5. The van der Waals surface area contributed by atoms with Gasteiger partial charge in [-0.25, -0.2) is 4.98 Å². The molecule has 1 aromatic carbocycles. The van der Waals surface area contributed by atoms with Crippen molar-refractivity contribution in [2.24, 2.45) is 5.73 Å². The lowest BCUT2D eigenvalue weighted by Gasteiger charge is -2.06. The number of nitrogens with zero attached hydrogens (tertiary/aromatic N) is 4. The molecule has 0 fully saturated rings. The maximum absolute atomic E-state index is 12.6. The molecule has 0 aliphatic carbocycles. The summed E-state index contributed by atoms with van der Waals surface area (Å²) >= 11 is 1.29. The van der Waals surface area contributed by atoms with Crippen LogP contribution in [0, 0.1) is 6.92 Å². The molecule has 9 heteroatoms. The molecule has 1 amide bonds. The number of anilines is 1. The normalized spacial score (nSPS) is 11.2. The number of fused-ring (bicyclic) bond motifs is 1. The van der Waals surface area contributed by atoms with E-state index in [1.54, 1.807) is 30.7 Å². The summed E-state index contributed by atoms with van der Waals surface area (Å²) < 4.78 is 7.16. The van der Waals surface area contributed by atoms with Gasteiger partial charge in [0.2, 0.25) is 5.13 Å². The first kappa shape index (κ1) is 17.4. The summed E-state index contributed by atoms with van der Waals surface area (Å²) in [7, 11) is 0. The van der Waals surface area contributed by atoms with Crippen LogP contribution in [0.25, 0.3) is 21.6 Å². The lowest BCUT2D eigenvalue weighted by atomic mass is 10.2. The summed E-state index contributed by atoms with van der Waals surface area (Å²) in [5.41, 5.74) is 8.74. The van der Waals surface area contributed by atoms with Gasteiger partial charge in [-0.3, -0.25) is 10.1 Å². The molecule has 0 spiro atoms. The minimum atomic E-state index is -0.249. The van der Waals surface area contributed by atoms with E-state index < -0.39 is 0 Å². The number of rotatable bonds is 6. The van der Waals surface area contributed by atoms with E-state index >= 15 is 0 Å². The van der Waals surface area contributed by atoms with Crippen molar-refractivity contribution in [3.8, 4) is 10.6 Å². The number of nitrogens with one attached hydrogen (secondary N) is 1. The molecule has 4 aromatic rings. The van der Waals surface area contributed by atoms with Gasteiger partial charge in [0.25, 0.3) is 5.91 Å². The van der Waals surface area contributed by atoms with E-state index in [0.717, 1.165) is 35.4 Å². The molecule has 27 heavy (non-hydrogen) atoms. The third-order valence-corrected chi connectivity index (χ3v) is 5.09. The van der Waals surface area contributed by atoms with Gasteiger partial charge in [0.05, 0.1) is 22.9 Å². The second kappa shape index (κ2) is 7.29. The zero-order chi connectivity index (χ0) is 18.8. The quantitative estimate of drug-likeness (QED) is 0.530. The molecular formula is C18H18N6O2S. The Kier molecular flexibility index (Phi) is 4.69. The van der Waals surface area contributed by atoms with Crippen molar-refractivity contribution < 1.29 is 9.21 Å². The number of benzene rings is 1. The summed E-state index contributed by atoms with van der Waals surface area (Å²) in [5.74, 6) is 0.658. The molecule has 0 radical (unpaired) electrons. The van der Waals surface area contributed by atoms with E-state index in [2.05, 4.69) is 25.1 Å². The summed E-state index contributed by atoms with van der Waals surface area (Å²) in [4.78, 5) is 17.1. The van der Waals surface area contributed by atoms with Crippen LogP contribution in [0.1, 0.15) is 22.6 Å². The summed E-state index contributed by atoms with van der Waals surface area (Å²) in [6.45, 7) is 3.39. The Morgan fingerprint density at radius 1 is 1.33 bits per heavy atom. The number of amides is 1. The van der Waals surface area contributed by atoms with E-state index in [9.17, 15) is 4.79 Å². The Hall–Kier alpha value is -3.04. The molecule has 3 N–H and O–H groups in total. The fourth-order valence-corrected chi connectivity index (χ4v) is 3.59. The van der Waals surface area contributed by atoms with Crippen LogP contribution in [0.15, 0.2) is 41.2 Å². The second-order valence-electron chi connectivity index (χ2n) is 6.03. The van der Waals surface area contributed by atoms with Crippen molar-refractivity contribution in [2.45, 2.75) is 19.9 Å². The van der Waals surface area contributed by atoms with E-state index in [4.69, 9.17) is 10.2 Å². The van der Waals surface area contributed by atoms with Gasteiger partial charge in [-0.1, -0.05) is 11.3 Å². The van der Waals surface area contributed by atoms with Crippen LogP contribution in [0.2, 0.25) is 0 Å². The topological polar surface area (TPSA) is 112 Å². The summed E-state index contributed by atoms with van der Waals surface area (Å²) in [6, 6.07) is 7.28. The smallest absolute Gasteiger partial charge is 0.257 e. The number of imidazole rings is 1. The van der Waals surface area contributed by atoms with E-state index in [1.165, 1.54) is 11.3 Å². The highest BCUT2D eigenvalue weighted by Crippen LogP contribution is 2.27. The van der Waals surface area contributed by atoms with Crippen LogP contribution in [0.3, 0.4) is 0 Å². The van der Waals surface area contributed by atoms with E-state index in [-0.39, 0.29) is 5.91 Å². The highest BCUT2D eigenvalue weighted by molar-refractivity contribution is 7.18. The van der Waals surface area contributed by atoms with Gasteiger partial charge >= 0.3 is 0 Å². The first-order valence-corrected chi connectivity index (χ1v) is 9.32. The van der Waals surface area contributed by atoms with Gasteiger partial charge in [0.15, 0.2) is 5.01 Å². The molecule has 0 aliphatic heterocycles. The Bertz CT molecular complexity index is 1080. The van der Waals surface area contributed by atoms with Gasteiger partial charge in [0, 0.05) is 12.1 Å². The Balaban J connectivity index is 1.54. The first-order valence-electron chi connectivity index (χ1n) is 8.50. The molecule has 0 saturated carbocycles. The molecule has 3 aromatic heterocycles. The predicted molar refractivity (Wildman–Crippen MR) is 104 cm³/mol. The number of furan rings is 1. The van der Waals surface area contributed by atoms with Gasteiger partial charge in [-0.15, -0.1) is 10.2 Å². The average molecular weight is 382 g/mol. The number of hydrogen-bond donors (Lipinski definition) is 2. The fourth-order valence-electron chi connectivity index (χ4n) is 2.87. The van der Waals surface area contributed by atoms with Crippen molar-refractivity contribution in [2.75, 3.05) is 11.9 Å². The number of nitrogens with two attached hydrogens (primary N) is 1. The Labute approximate surface area is 159 Å². The number of aryl methyl sites for hydroxylation is 2. The van der Waals surface area contributed by atoms with Gasteiger partial charge in [-0.2, -0.15) is 0 Å². The molecule has 3 heterocycles. The molecule has 0 unspecified atom stereocenters. The third kappa shape index (κ3) is 3.46. The highest BCUT2D eigenvalue weighted by Gasteiger charge is 2.14. The van der Waals surface area contributed by atoms with Crippen molar-refractivity contribution in [3.63, 3.8) is 0 Å². The van der Waals surface area contributed by atoms with Crippen molar-refractivity contribution >= 4 is 33.4 Å². The predicted octanol–water partition coefficient (Wildman–Crippen LogP) is 3.06. The van der Waals surface area contributed by atoms with Crippen LogP contribution in [-0.2, 0) is 6.54 Å². The summed E-state index contributed by atoms with van der Waals surface area (Å²) in [6.07, 6.45) is 4.03. The fraction of sp³-hybridized carbons (Fsp3) is 0.222. The van der Waals surface area contributed by atoms with E-state index in [0.29, 0.717) is 22.2 Å². The Morgan fingerprint density at radius 3 is 3.00 bits per heavy atom. The number of carbonyl (C=O) groups excluding carboxylic acids is 1. The highest BCUT2D eigenvalue weighted by atomic mass is 32.1. The summed E-state index contributed by atoms with van der Waals surface area (Å²) in [5, 5.41) is 12.0. The lowest BCUT2D eigenvalue weighted by molar-refractivity contribution is 0.102. The SMILES string of the molecule is Cc1nc2cc(C(=O)Nc3nnc(-c4ccoc4)s3)ccc2n1CCCN. The largest absolute Gasteiger partial charge is 0.472 e. The zero-order valence-electron chi connectivity index (χ0n) is 14.7. The first-order chi connectivity index (χ1) is 13.2. The van der Waals surface area contributed by atoms with Crippen molar-refractivity contribution in [1.82, 2.24) is 19.7 Å². The average Bonchev–Trinajstić information content (AvgIpc) is 3.39. The number of aromatic nitrogens is 4. The standard InChI is InChI=1S/C18H18N6O2S/c1-11-20-14-9-12(3-4-15(14)24(11)7-2-6-19)16(25)21-18-23-22-17(27-18)13-5-8-26-10-13/h3-5,8-10H,2,6-7,19H2,1H3,(H,21,23,25). The maximum Gasteiger partial charge on any atom is 0.257 e. The molecule has 0 saturated heterocycles. The van der Waals surface area contributed by atoms with Crippen LogP contribution in [0.5, 0.6) is 0 Å². The van der Waals surface area contributed by atoms with Gasteiger partial charge < -0.3 is 14.7 Å². The van der Waals surface area contributed by atoms with Crippen LogP contribution >= 0.6 is 11.3 Å². The van der Waals surface area contributed by atoms with Crippen molar-refractivity contribution in [3.05, 3.63) is 48.2 Å². The second-order valence-corrected chi connectivity index (χ2v) is 7.01. The molecular weight excluding hydrogens is 364 g/mol. The van der Waals surface area contributed by atoms with Crippen LogP contribution < -0.4 is 11.1 Å². The number of carbonyl (C=O) groups is 1. The van der Waals surface area contributed by atoms with Gasteiger partial charge in [0.1, 0.15) is 12.1 Å². The lowest BCUT2D eigenvalue weighted by Crippen LogP contribution is -2.11. The number of hydrogen-bond acceptors (Lipinski definition) is 7. The van der Waals surface area contributed by atoms with Gasteiger partial charge in [-0.05, 0) is 44.2 Å². The molecule has 0 aliphatic rings. The Morgan fingerprint density at radius 2 is 2.22 bits per heavy atom. The third-order valence-electron chi connectivity index (χ3n) is 4.20. The minimum absolute atomic E-state index is 0.249. The monoisotopic (exact) mass is 382 g/mol. The minimum Gasteiger partial charge on any atom is -0.472 e.